The number of hydrogen-bond donors (Lipinski definition) is 1. The minimum Gasteiger partial charge on any atom is -0.316 e. The first-order chi connectivity index (χ1) is 9.16. The Balaban J connectivity index is 2.09. The van der Waals surface area contributed by atoms with Crippen molar-refractivity contribution in [2.75, 3.05) is 13.1 Å². The van der Waals surface area contributed by atoms with Crippen LogP contribution in [0.4, 0.5) is 0 Å². The quantitative estimate of drug-likeness (QED) is 0.894. The van der Waals surface area contributed by atoms with Crippen molar-refractivity contribution in [1.29, 1.82) is 0 Å². The highest BCUT2D eigenvalue weighted by Gasteiger charge is 2.37. The Morgan fingerprint density at radius 1 is 1.37 bits per heavy atom. The van der Waals surface area contributed by atoms with Crippen LogP contribution in [-0.2, 0) is 11.2 Å². The van der Waals surface area contributed by atoms with E-state index in [1.165, 1.54) is 0 Å². The van der Waals surface area contributed by atoms with Crippen molar-refractivity contribution in [3.05, 3.63) is 34.3 Å². The molecule has 0 spiro atoms. The summed E-state index contributed by atoms with van der Waals surface area (Å²) in [6.45, 7) is 4.08. The number of piperidine rings is 1. The molecule has 0 aliphatic carbocycles. The fourth-order valence-electron chi connectivity index (χ4n) is 3.01. The first kappa shape index (κ1) is 14.7. The highest BCUT2D eigenvalue weighted by Crippen LogP contribution is 2.33. The molecule has 0 radical (unpaired) electrons. The smallest absolute Gasteiger partial charge is 0.144 e. The molecule has 1 aromatic rings. The minimum atomic E-state index is -0.125. The zero-order valence-corrected chi connectivity index (χ0v) is 13.1. The van der Waals surface area contributed by atoms with Crippen LogP contribution in [0.3, 0.4) is 0 Å². The Kier molecular flexibility index (Phi) is 5.17. The Hall–Kier alpha value is -0.670. The molecule has 0 amide bonds. The van der Waals surface area contributed by atoms with E-state index in [0.717, 1.165) is 48.8 Å². The third kappa shape index (κ3) is 3.67. The molecule has 19 heavy (non-hydrogen) atoms. The number of carbonyl (C=O) groups excluding carboxylic acids is 1. The van der Waals surface area contributed by atoms with Gasteiger partial charge in [0.05, 0.1) is 0 Å². The minimum absolute atomic E-state index is 0.125. The van der Waals surface area contributed by atoms with E-state index in [-0.39, 0.29) is 5.41 Å². The Morgan fingerprint density at radius 2 is 2.11 bits per heavy atom. The van der Waals surface area contributed by atoms with Gasteiger partial charge in [0.15, 0.2) is 0 Å². The fourth-order valence-corrected chi connectivity index (χ4v) is 3.28. The molecule has 1 aromatic carbocycles. The molecule has 0 bridgehead atoms. The molecule has 3 heteroatoms. The molecule has 1 atom stereocenters. The predicted molar refractivity (Wildman–Crippen MR) is 82.3 cm³/mol. The zero-order chi connectivity index (χ0) is 13.7. The van der Waals surface area contributed by atoms with E-state index in [1.54, 1.807) is 0 Å². The average molecular weight is 324 g/mol. The van der Waals surface area contributed by atoms with Gasteiger partial charge in [-0.1, -0.05) is 41.4 Å². The number of ketones is 1. The first-order valence-corrected chi connectivity index (χ1v) is 7.94. The van der Waals surface area contributed by atoms with Crippen molar-refractivity contribution in [3.8, 4) is 0 Å². The van der Waals surface area contributed by atoms with Crippen LogP contribution in [-0.4, -0.2) is 18.9 Å². The summed E-state index contributed by atoms with van der Waals surface area (Å²) in [5, 5.41) is 3.41. The summed E-state index contributed by atoms with van der Waals surface area (Å²) in [6, 6.07) is 8.10. The lowest BCUT2D eigenvalue weighted by Crippen LogP contribution is -2.46. The Morgan fingerprint density at radius 3 is 2.68 bits per heavy atom. The van der Waals surface area contributed by atoms with E-state index in [2.05, 4.69) is 28.2 Å². The first-order valence-electron chi connectivity index (χ1n) is 7.15. The van der Waals surface area contributed by atoms with Crippen LogP contribution < -0.4 is 5.32 Å². The van der Waals surface area contributed by atoms with Gasteiger partial charge in [-0.15, -0.1) is 0 Å². The van der Waals surface area contributed by atoms with Gasteiger partial charge in [0.1, 0.15) is 5.78 Å². The van der Waals surface area contributed by atoms with Crippen LogP contribution in [0, 0.1) is 5.41 Å². The normalized spacial score (nSPS) is 23.3. The predicted octanol–water partition coefficient (Wildman–Crippen LogP) is 3.73. The lowest BCUT2D eigenvalue weighted by atomic mass is 9.72. The van der Waals surface area contributed by atoms with E-state index in [9.17, 15) is 4.79 Å². The van der Waals surface area contributed by atoms with Crippen LogP contribution in [0.2, 0.25) is 0 Å². The number of carbonyl (C=O) groups is 1. The molecule has 1 saturated heterocycles. The highest BCUT2D eigenvalue weighted by atomic mass is 79.9. The number of hydrogen-bond acceptors (Lipinski definition) is 2. The molecule has 1 fully saturated rings. The van der Waals surface area contributed by atoms with Gasteiger partial charge in [-0.25, -0.2) is 0 Å². The third-order valence-corrected chi connectivity index (χ3v) is 4.60. The highest BCUT2D eigenvalue weighted by molar-refractivity contribution is 9.10. The summed E-state index contributed by atoms with van der Waals surface area (Å²) < 4.78 is 1.06. The summed E-state index contributed by atoms with van der Waals surface area (Å²) in [5.41, 5.74) is 0.995. The van der Waals surface area contributed by atoms with Crippen LogP contribution in [0.15, 0.2) is 28.7 Å². The third-order valence-electron chi connectivity index (χ3n) is 4.07. The maximum atomic E-state index is 12.7. The monoisotopic (exact) mass is 323 g/mol. The molecule has 2 nitrogen and oxygen atoms in total. The molecule has 1 aliphatic heterocycles. The van der Waals surface area contributed by atoms with Gasteiger partial charge in [0.25, 0.3) is 0 Å². The molecular weight excluding hydrogens is 302 g/mol. The standard InChI is InChI=1S/C16H22BrNO/c1-2-8-16(9-3-10-18-12-16)15(19)11-13-4-6-14(17)7-5-13/h4-7,18H,2-3,8-12H2,1H3. The molecule has 1 N–H and O–H groups in total. The summed E-state index contributed by atoms with van der Waals surface area (Å²) in [4.78, 5) is 12.7. The van der Waals surface area contributed by atoms with Crippen molar-refractivity contribution in [2.24, 2.45) is 5.41 Å². The summed E-state index contributed by atoms with van der Waals surface area (Å²) in [6.07, 6.45) is 4.81. The van der Waals surface area contributed by atoms with E-state index >= 15 is 0 Å². The van der Waals surface area contributed by atoms with E-state index in [4.69, 9.17) is 0 Å². The summed E-state index contributed by atoms with van der Waals surface area (Å²) in [7, 11) is 0. The van der Waals surface area contributed by atoms with Crippen LogP contribution in [0.5, 0.6) is 0 Å². The van der Waals surface area contributed by atoms with Crippen LogP contribution >= 0.6 is 15.9 Å². The van der Waals surface area contributed by atoms with Gasteiger partial charge in [0.2, 0.25) is 0 Å². The molecule has 104 valence electrons. The molecular formula is C16H22BrNO. The van der Waals surface area contributed by atoms with Crippen LogP contribution in [0.1, 0.15) is 38.2 Å². The van der Waals surface area contributed by atoms with E-state index in [0.29, 0.717) is 12.2 Å². The van der Waals surface area contributed by atoms with Crippen LogP contribution in [0.25, 0.3) is 0 Å². The fraction of sp³-hybridized carbons (Fsp3) is 0.562. The lowest BCUT2D eigenvalue weighted by Gasteiger charge is -2.36. The molecule has 0 saturated carbocycles. The van der Waals surface area contributed by atoms with Gasteiger partial charge in [0, 0.05) is 22.9 Å². The second-order valence-corrected chi connectivity index (χ2v) is 6.45. The van der Waals surface area contributed by atoms with Crippen molar-refractivity contribution in [3.63, 3.8) is 0 Å². The molecule has 0 aromatic heterocycles. The maximum absolute atomic E-state index is 12.7. The van der Waals surface area contributed by atoms with Gasteiger partial charge < -0.3 is 5.32 Å². The van der Waals surface area contributed by atoms with Gasteiger partial charge in [-0.05, 0) is 43.5 Å². The molecule has 2 rings (SSSR count). The van der Waals surface area contributed by atoms with E-state index < -0.39 is 0 Å². The van der Waals surface area contributed by atoms with Crippen molar-refractivity contribution in [1.82, 2.24) is 5.32 Å². The number of Topliss-reactive ketones (excluding diaryl/α,β-unsaturated/α-hetero) is 1. The number of halogens is 1. The van der Waals surface area contributed by atoms with Crippen molar-refractivity contribution >= 4 is 21.7 Å². The number of nitrogens with one attached hydrogen (secondary N) is 1. The van der Waals surface area contributed by atoms with Gasteiger partial charge >= 0.3 is 0 Å². The number of benzene rings is 1. The zero-order valence-electron chi connectivity index (χ0n) is 11.5. The topological polar surface area (TPSA) is 29.1 Å². The second kappa shape index (κ2) is 6.67. The average Bonchev–Trinajstić information content (AvgIpc) is 2.43. The Bertz CT molecular complexity index is 415. The largest absolute Gasteiger partial charge is 0.316 e. The maximum Gasteiger partial charge on any atom is 0.144 e. The summed E-state index contributed by atoms with van der Waals surface area (Å²) in [5.74, 6) is 0.406. The molecule has 1 heterocycles. The number of rotatable bonds is 5. The van der Waals surface area contributed by atoms with E-state index in [1.807, 2.05) is 24.3 Å². The van der Waals surface area contributed by atoms with Gasteiger partial charge in [-0.3, -0.25) is 4.79 Å². The summed E-state index contributed by atoms with van der Waals surface area (Å²) >= 11 is 3.43. The molecule has 1 aliphatic rings. The Labute approximate surface area is 124 Å². The van der Waals surface area contributed by atoms with Crippen molar-refractivity contribution in [2.45, 2.75) is 39.0 Å². The SMILES string of the molecule is CCCC1(C(=O)Cc2ccc(Br)cc2)CCCNC1. The second-order valence-electron chi connectivity index (χ2n) is 5.54. The van der Waals surface area contributed by atoms with Gasteiger partial charge in [-0.2, -0.15) is 0 Å². The molecule has 1 unspecified atom stereocenters. The van der Waals surface area contributed by atoms with Crippen molar-refractivity contribution < 1.29 is 4.79 Å². The lowest BCUT2D eigenvalue weighted by molar-refractivity contribution is -0.129.